The first-order valence-electron chi connectivity index (χ1n) is 7.10. The average Bonchev–Trinajstić information content (AvgIpc) is 2.73. The van der Waals surface area contributed by atoms with E-state index in [2.05, 4.69) is 47.1 Å². The first kappa shape index (κ1) is 11.8. The average molecular weight is 242 g/mol. The number of nitrogens with zero attached hydrogens (tertiary/aromatic N) is 1. The highest BCUT2D eigenvalue weighted by Crippen LogP contribution is 2.22. The number of fused-ring (bicyclic) bond motifs is 1. The molecule has 2 heterocycles. The van der Waals surface area contributed by atoms with Crippen molar-refractivity contribution in [2.75, 3.05) is 13.1 Å². The summed E-state index contributed by atoms with van der Waals surface area (Å²) >= 11 is 0. The summed E-state index contributed by atoms with van der Waals surface area (Å²) in [6.45, 7) is 5.80. The van der Waals surface area contributed by atoms with Crippen molar-refractivity contribution in [1.82, 2.24) is 9.88 Å². The van der Waals surface area contributed by atoms with Gasteiger partial charge in [-0.25, -0.2) is 0 Å². The molecule has 2 heteroatoms. The molecule has 1 aromatic heterocycles. The third-order valence-electron chi connectivity index (χ3n) is 4.18. The topological polar surface area (TPSA) is 17.0 Å². The highest BCUT2D eigenvalue weighted by atomic mass is 15.0. The zero-order valence-corrected chi connectivity index (χ0v) is 11.2. The van der Waals surface area contributed by atoms with Gasteiger partial charge in [-0.3, -0.25) is 0 Å². The van der Waals surface area contributed by atoms with E-state index in [0.29, 0.717) is 0 Å². The van der Waals surface area contributed by atoms with Crippen molar-refractivity contribution in [2.24, 2.45) is 5.92 Å². The molecule has 1 aliphatic rings. The molecule has 1 atom stereocenters. The van der Waals surface area contributed by atoms with Gasteiger partial charge in [0.2, 0.25) is 0 Å². The SMILES string of the molecule is Cc1cc2ccccc2n1CCC1CCCNC1. The first-order valence-corrected chi connectivity index (χ1v) is 7.10. The Morgan fingerprint density at radius 1 is 1.33 bits per heavy atom. The molecule has 0 aliphatic carbocycles. The number of piperidine rings is 1. The van der Waals surface area contributed by atoms with E-state index in [1.165, 1.54) is 48.9 Å². The summed E-state index contributed by atoms with van der Waals surface area (Å²) in [5.74, 6) is 0.860. The molecule has 0 bridgehead atoms. The van der Waals surface area contributed by atoms with E-state index in [9.17, 15) is 0 Å². The van der Waals surface area contributed by atoms with Crippen molar-refractivity contribution in [3.05, 3.63) is 36.0 Å². The van der Waals surface area contributed by atoms with E-state index in [-0.39, 0.29) is 0 Å². The van der Waals surface area contributed by atoms with Crippen molar-refractivity contribution in [1.29, 1.82) is 0 Å². The second-order valence-electron chi connectivity index (χ2n) is 5.50. The largest absolute Gasteiger partial charge is 0.345 e. The molecule has 0 saturated carbocycles. The Kier molecular flexibility index (Phi) is 3.37. The van der Waals surface area contributed by atoms with Gasteiger partial charge in [-0.2, -0.15) is 0 Å². The summed E-state index contributed by atoms with van der Waals surface area (Å²) in [7, 11) is 0. The number of hydrogen-bond donors (Lipinski definition) is 1. The lowest BCUT2D eigenvalue weighted by atomic mass is 9.96. The molecule has 0 amide bonds. The van der Waals surface area contributed by atoms with Gasteiger partial charge >= 0.3 is 0 Å². The maximum atomic E-state index is 3.51. The molecule has 96 valence electrons. The fourth-order valence-corrected chi connectivity index (χ4v) is 3.13. The lowest BCUT2D eigenvalue weighted by molar-refractivity contribution is 0.342. The van der Waals surface area contributed by atoms with E-state index in [0.717, 1.165) is 12.5 Å². The Hall–Kier alpha value is -1.28. The Morgan fingerprint density at radius 3 is 3.06 bits per heavy atom. The fourth-order valence-electron chi connectivity index (χ4n) is 3.13. The predicted molar refractivity (Wildman–Crippen MR) is 76.9 cm³/mol. The van der Waals surface area contributed by atoms with Crippen molar-refractivity contribution in [3.63, 3.8) is 0 Å². The minimum Gasteiger partial charge on any atom is -0.345 e. The second kappa shape index (κ2) is 5.15. The standard InChI is InChI=1S/C16H22N2/c1-13-11-15-6-2-3-7-16(15)18(13)10-8-14-5-4-9-17-12-14/h2-3,6-7,11,14,17H,4-5,8-10,12H2,1H3. The van der Waals surface area contributed by atoms with Crippen molar-refractivity contribution < 1.29 is 0 Å². The molecule has 1 fully saturated rings. The summed E-state index contributed by atoms with van der Waals surface area (Å²) in [6, 6.07) is 11.0. The second-order valence-corrected chi connectivity index (χ2v) is 5.50. The summed E-state index contributed by atoms with van der Waals surface area (Å²) in [4.78, 5) is 0. The van der Waals surface area contributed by atoms with Crippen LogP contribution < -0.4 is 5.32 Å². The number of para-hydroxylation sites is 1. The highest BCUT2D eigenvalue weighted by Gasteiger charge is 2.13. The van der Waals surface area contributed by atoms with E-state index in [4.69, 9.17) is 0 Å². The van der Waals surface area contributed by atoms with Crippen LogP contribution in [0.4, 0.5) is 0 Å². The van der Waals surface area contributed by atoms with Gasteiger partial charge in [0.1, 0.15) is 0 Å². The molecule has 0 spiro atoms. The Morgan fingerprint density at radius 2 is 2.22 bits per heavy atom. The summed E-state index contributed by atoms with van der Waals surface area (Å²) in [5.41, 5.74) is 2.78. The van der Waals surface area contributed by atoms with Crippen molar-refractivity contribution in [3.8, 4) is 0 Å². The predicted octanol–water partition coefficient (Wildman–Crippen LogP) is 3.34. The monoisotopic (exact) mass is 242 g/mol. The van der Waals surface area contributed by atoms with Crippen LogP contribution in [0.5, 0.6) is 0 Å². The summed E-state index contributed by atoms with van der Waals surface area (Å²) in [6.07, 6.45) is 4.04. The minimum atomic E-state index is 0.860. The van der Waals surface area contributed by atoms with Crippen molar-refractivity contribution in [2.45, 2.75) is 32.7 Å². The first-order chi connectivity index (χ1) is 8.84. The normalized spacial score (nSPS) is 20.4. The van der Waals surface area contributed by atoms with E-state index in [1.54, 1.807) is 0 Å². The number of aryl methyl sites for hydroxylation is 2. The molecule has 1 saturated heterocycles. The zero-order valence-electron chi connectivity index (χ0n) is 11.2. The summed E-state index contributed by atoms with van der Waals surface area (Å²) in [5, 5.41) is 4.88. The van der Waals surface area contributed by atoms with Crippen LogP contribution in [0.1, 0.15) is 25.0 Å². The van der Waals surface area contributed by atoms with Crippen LogP contribution in [-0.4, -0.2) is 17.7 Å². The van der Waals surface area contributed by atoms with Gasteiger partial charge in [-0.15, -0.1) is 0 Å². The quantitative estimate of drug-likeness (QED) is 0.873. The van der Waals surface area contributed by atoms with E-state index in [1.807, 2.05) is 0 Å². The molecule has 2 aromatic rings. The Bertz CT molecular complexity index is 521. The number of benzene rings is 1. The third kappa shape index (κ3) is 2.30. The molecule has 1 aromatic carbocycles. The van der Waals surface area contributed by atoms with E-state index >= 15 is 0 Å². The lowest BCUT2D eigenvalue weighted by Crippen LogP contribution is -2.30. The van der Waals surface area contributed by atoms with Gasteiger partial charge in [0.25, 0.3) is 0 Å². The van der Waals surface area contributed by atoms with Crippen LogP contribution >= 0.6 is 0 Å². The molecule has 2 nitrogen and oxygen atoms in total. The summed E-state index contributed by atoms with van der Waals surface area (Å²) < 4.78 is 2.48. The van der Waals surface area contributed by atoms with Gasteiger partial charge < -0.3 is 9.88 Å². The van der Waals surface area contributed by atoms with Gasteiger partial charge in [-0.05, 0) is 62.7 Å². The van der Waals surface area contributed by atoms with Crippen LogP contribution in [-0.2, 0) is 6.54 Å². The molecule has 3 rings (SSSR count). The number of hydrogen-bond acceptors (Lipinski definition) is 1. The molecule has 18 heavy (non-hydrogen) atoms. The van der Waals surface area contributed by atoms with E-state index < -0.39 is 0 Å². The fraction of sp³-hybridized carbons (Fsp3) is 0.500. The van der Waals surface area contributed by atoms with Crippen LogP contribution in [0, 0.1) is 12.8 Å². The van der Waals surface area contributed by atoms with Crippen LogP contribution in [0.2, 0.25) is 0 Å². The highest BCUT2D eigenvalue weighted by molar-refractivity contribution is 5.81. The number of nitrogens with one attached hydrogen (secondary N) is 1. The Labute approximate surface area is 109 Å². The minimum absolute atomic E-state index is 0.860. The molecule has 1 N–H and O–H groups in total. The van der Waals surface area contributed by atoms with Crippen LogP contribution in [0.3, 0.4) is 0 Å². The third-order valence-corrected chi connectivity index (χ3v) is 4.18. The molecular formula is C16H22N2. The van der Waals surface area contributed by atoms with Crippen LogP contribution in [0.15, 0.2) is 30.3 Å². The maximum absolute atomic E-state index is 3.51. The van der Waals surface area contributed by atoms with Gasteiger partial charge in [0.15, 0.2) is 0 Å². The maximum Gasteiger partial charge on any atom is 0.0482 e. The lowest BCUT2D eigenvalue weighted by Gasteiger charge is -2.23. The number of aromatic nitrogens is 1. The van der Waals surface area contributed by atoms with Gasteiger partial charge in [0.05, 0.1) is 0 Å². The van der Waals surface area contributed by atoms with Crippen molar-refractivity contribution >= 4 is 10.9 Å². The van der Waals surface area contributed by atoms with Crippen LogP contribution in [0.25, 0.3) is 10.9 Å². The van der Waals surface area contributed by atoms with Gasteiger partial charge in [-0.1, -0.05) is 18.2 Å². The molecular weight excluding hydrogens is 220 g/mol. The number of rotatable bonds is 3. The van der Waals surface area contributed by atoms with Gasteiger partial charge in [0, 0.05) is 17.8 Å². The molecule has 0 radical (unpaired) electrons. The smallest absolute Gasteiger partial charge is 0.0482 e. The zero-order chi connectivity index (χ0) is 12.4. The Balaban J connectivity index is 1.75. The molecule has 1 aliphatic heterocycles. The molecule has 1 unspecified atom stereocenters.